The number of halogens is 1. The number of hydrogen-bond acceptors (Lipinski definition) is 2. The van der Waals surface area contributed by atoms with Crippen molar-refractivity contribution in [2.24, 2.45) is 0 Å². The first kappa shape index (κ1) is 12.2. The molecule has 0 radical (unpaired) electrons. The van der Waals surface area contributed by atoms with E-state index in [9.17, 15) is 5.11 Å². The van der Waals surface area contributed by atoms with E-state index in [1.165, 1.54) is 5.56 Å². The number of nitrogens with zero attached hydrogens (tertiary/aromatic N) is 1. The number of rotatable bonds is 1. The molecule has 0 aliphatic carbocycles. The lowest BCUT2D eigenvalue weighted by Crippen LogP contribution is -1.80. The summed E-state index contributed by atoms with van der Waals surface area (Å²) in [6, 6.07) is 9.63. The Balaban J connectivity index is 2.20. The maximum atomic E-state index is 9.75. The molecule has 0 bridgehead atoms. The summed E-state index contributed by atoms with van der Waals surface area (Å²) in [6.45, 7) is 4.12. The van der Waals surface area contributed by atoms with Crippen LogP contribution in [0.25, 0.3) is 22.4 Å². The van der Waals surface area contributed by atoms with Gasteiger partial charge in [0.05, 0.1) is 15.5 Å². The average molecular weight is 317 g/mol. The zero-order valence-electron chi connectivity index (χ0n) is 10.7. The van der Waals surface area contributed by atoms with Crippen molar-refractivity contribution >= 4 is 27.0 Å². The number of benzene rings is 2. The van der Waals surface area contributed by atoms with E-state index < -0.39 is 0 Å². The van der Waals surface area contributed by atoms with Crippen LogP contribution in [0.1, 0.15) is 11.1 Å². The number of H-pyrrole nitrogens is 1. The smallest absolute Gasteiger partial charge is 0.138 e. The lowest BCUT2D eigenvalue weighted by molar-refractivity contribution is 0.472. The third-order valence-electron chi connectivity index (χ3n) is 3.14. The SMILES string of the molecule is Cc1cc(C)c2nc(-c3ccc(Br)c(O)c3)[nH]c2c1. The lowest BCUT2D eigenvalue weighted by Gasteiger charge is -1.99. The number of nitrogens with one attached hydrogen (secondary N) is 1. The summed E-state index contributed by atoms with van der Waals surface area (Å²) in [5.41, 5.74) is 5.23. The molecular weight excluding hydrogens is 304 g/mol. The van der Waals surface area contributed by atoms with Crippen LogP contribution in [0.5, 0.6) is 5.75 Å². The van der Waals surface area contributed by atoms with Gasteiger partial charge in [-0.1, -0.05) is 6.07 Å². The van der Waals surface area contributed by atoms with Crippen LogP contribution >= 0.6 is 15.9 Å². The number of aromatic hydroxyl groups is 1. The molecule has 1 heterocycles. The van der Waals surface area contributed by atoms with Gasteiger partial charge in [-0.05, 0) is 65.2 Å². The topological polar surface area (TPSA) is 48.9 Å². The monoisotopic (exact) mass is 316 g/mol. The average Bonchev–Trinajstić information content (AvgIpc) is 2.76. The fraction of sp³-hybridized carbons (Fsp3) is 0.133. The molecule has 3 aromatic rings. The minimum atomic E-state index is 0.214. The molecule has 2 aromatic carbocycles. The van der Waals surface area contributed by atoms with Crippen LogP contribution in [-0.2, 0) is 0 Å². The van der Waals surface area contributed by atoms with Crippen molar-refractivity contribution in [2.45, 2.75) is 13.8 Å². The van der Waals surface area contributed by atoms with E-state index in [2.05, 4.69) is 51.9 Å². The molecule has 19 heavy (non-hydrogen) atoms. The van der Waals surface area contributed by atoms with Crippen molar-refractivity contribution in [1.29, 1.82) is 0 Å². The Kier molecular flexibility index (Phi) is 2.82. The number of hydrogen-bond donors (Lipinski definition) is 2. The summed E-state index contributed by atoms with van der Waals surface area (Å²) in [5.74, 6) is 0.984. The zero-order valence-corrected chi connectivity index (χ0v) is 12.2. The maximum Gasteiger partial charge on any atom is 0.138 e. The van der Waals surface area contributed by atoms with E-state index in [4.69, 9.17) is 0 Å². The van der Waals surface area contributed by atoms with Crippen LogP contribution in [0, 0.1) is 13.8 Å². The summed E-state index contributed by atoms with van der Waals surface area (Å²) in [5, 5.41) is 9.75. The van der Waals surface area contributed by atoms with Crippen molar-refractivity contribution < 1.29 is 5.11 Å². The number of aromatic amines is 1. The molecule has 3 rings (SSSR count). The van der Waals surface area contributed by atoms with E-state index in [1.807, 2.05) is 12.1 Å². The number of phenols is 1. The number of aryl methyl sites for hydroxylation is 2. The van der Waals surface area contributed by atoms with Gasteiger partial charge in [0, 0.05) is 5.56 Å². The van der Waals surface area contributed by atoms with E-state index in [0.29, 0.717) is 4.47 Å². The second kappa shape index (κ2) is 4.38. The number of aromatic nitrogens is 2. The molecule has 2 N–H and O–H groups in total. The first-order valence-electron chi connectivity index (χ1n) is 6.00. The molecule has 3 nitrogen and oxygen atoms in total. The van der Waals surface area contributed by atoms with Crippen LogP contribution in [0.15, 0.2) is 34.8 Å². The zero-order chi connectivity index (χ0) is 13.6. The number of fused-ring (bicyclic) bond motifs is 1. The Hall–Kier alpha value is -1.81. The van der Waals surface area contributed by atoms with Gasteiger partial charge in [-0.25, -0.2) is 4.98 Å². The highest BCUT2D eigenvalue weighted by molar-refractivity contribution is 9.10. The van der Waals surface area contributed by atoms with Gasteiger partial charge in [0.2, 0.25) is 0 Å². The molecule has 0 saturated heterocycles. The van der Waals surface area contributed by atoms with E-state index in [0.717, 1.165) is 28.0 Å². The molecular formula is C15H13BrN2O. The van der Waals surface area contributed by atoms with Gasteiger partial charge in [0.15, 0.2) is 0 Å². The molecule has 4 heteroatoms. The summed E-state index contributed by atoms with van der Waals surface area (Å²) < 4.78 is 0.680. The van der Waals surface area contributed by atoms with Gasteiger partial charge in [0.25, 0.3) is 0 Å². The molecule has 0 unspecified atom stereocenters. The summed E-state index contributed by atoms with van der Waals surface area (Å²) in [4.78, 5) is 7.92. The van der Waals surface area contributed by atoms with Crippen LogP contribution in [0.4, 0.5) is 0 Å². The largest absolute Gasteiger partial charge is 0.507 e. The second-order valence-corrected chi connectivity index (χ2v) is 5.58. The molecule has 0 aliphatic heterocycles. The summed E-state index contributed by atoms with van der Waals surface area (Å²) in [6.07, 6.45) is 0. The molecule has 0 saturated carbocycles. The predicted molar refractivity (Wildman–Crippen MR) is 80.4 cm³/mol. The first-order valence-corrected chi connectivity index (χ1v) is 6.80. The molecule has 0 atom stereocenters. The van der Waals surface area contributed by atoms with Gasteiger partial charge in [0.1, 0.15) is 11.6 Å². The van der Waals surface area contributed by atoms with E-state index in [1.54, 1.807) is 6.07 Å². The minimum Gasteiger partial charge on any atom is -0.507 e. The van der Waals surface area contributed by atoms with E-state index >= 15 is 0 Å². The molecule has 1 aromatic heterocycles. The van der Waals surface area contributed by atoms with Crippen LogP contribution in [0.3, 0.4) is 0 Å². The van der Waals surface area contributed by atoms with Gasteiger partial charge >= 0.3 is 0 Å². The van der Waals surface area contributed by atoms with Gasteiger partial charge in [-0.15, -0.1) is 0 Å². The summed E-state index contributed by atoms with van der Waals surface area (Å²) >= 11 is 3.28. The number of phenolic OH excluding ortho intramolecular Hbond substituents is 1. The number of imidazole rings is 1. The molecule has 0 spiro atoms. The predicted octanol–water partition coefficient (Wildman–Crippen LogP) is 4.31. The normalized spacial score (nSPS) is 11.1. The quantitative estimate of drug-likeness (QED) is 0.702. The van der Waals surface area contributed by atoms with Crippen molar-refractivity contribution in [1.82, 2.24) is 9.97 Å². The van der Waals surface area contributed by atoms with E-state index in [-0.39, 0.29) is 5.75 Å². The van der Waals surface area contributed by atoms with Gasteiger partial charge in [-0.2, -0.15) is 0 Å². The van der Waals surface area contributed by atoms with Gasteiger partial charge in [-0.3, -0.25) is 0 Å². The molecule has 0 fully saturated rings. The minimum absolute atomic E-state index is 0.214. The van der Waals surface area contributed by atoms with Crippen molar-refractivity contribution in [3.05, 3.63) is 45.9 Å². The third-order valence-corrected chi connectivity index (χ3v) is 3.81. The standard InChI is InChI=1S/C15H13BrN2O/c1-8-5-9(2)14-12(6-8)17-15(18-14)10-3-4-11(16)13(19)7-10/h3-7,19H,1-2H3,(H,17,18). The van der Waals surface area contributed by atoms with Crippen molar-refractivity contribution in [2.75, 3.05) is 0 Å². The fourth-order valence-corrected chi connectivity index (χ4v) is 2.51. The van der Waals surface area contributed by atoms with Gasteiger partial charge < -0.3 is 10.1 Å². The molecule has 0 aliphatic rings. The van der Waals surface area contributed by atoms with Crippen LogP contribution < -0.4 is 0 Å². The maximum absolute atomic E-state index is 9.75. The summed E-state index contributed by atoms with van der Waals surface area (Å²) in [7, 11) is 0. The Bertz CT molecular complexity index is 777. The first-order chi connectivity index (χ1) is 9.04. The third kappa shape index (κ3) is 2.12. The van der Waals surface area contributed by atoms with Crippen molar-refractivity contribution in [3.63, 3.8) is 0 Å². The highest BCUT2D eigenvalue weighted by Crippen LogP contribution is 2.30. The highest BCUT2D eigenvalue weighted by atomic mass is 79.9. The Morgan fingerprint density at radius 3 is 2.68 bits per heavy atom. The van der Waals surface area contributed by atoms with Crippen molar-refractivity contribution in [3.8, 4) is 17.1 Å². The molecule has 0 amide bonds. The Labute approximate surface area is 119 Å². The Morgan fingerprint density at radius 1 is 1.16 bits per heavy atom. The Morgan fingerprint density at radius 2 is 1.95 bits per heavy atom. The second-order valence-electron chi connectivity index (χ2n) is 4.73. The molecule has 96 valence electrons. The fourth-order valence-electron chi connectivity index (χ4n) is 2.27. The highest BCUT2D eigenvalue weighted by Gasteiger charge is 2.09. The van der Waals surface area contributed by atoms with Crippen LogP contribution in [0.2, 0.25) is 0 Å². The lowest BCUT2D eigenvalue weighted by atomic mass is 10.1. The van der Waals surface area contributed by atoms with Crippen LogP contribution in [-0.4, -0.2) is 15.1 Å².